The van der Waals surface area contributed by atoms with E-state index in [0.717, 1.165) is 11.1 Å². The Morgan fingerprint density at radius 2 is 1.79 bits per heavy atom. The van der Waals surface area contributed by atoms with Gasteiger partial charge in [-0.2, -0.15) is 5.10 Å². The Morgan fingerprint density at radius 3 is 2.58 bits per heavy atom. The Hall–Kier alpha value is -2.33. The molecule has 3 N–H and O–H groups in total. The number of nitrogens with two attached hydrogens (primary N) is 1. The van der Waals surface area contributed by atoms with E-state index in [2.05, 4.69) is 15.2 Å². The number of hydrogen-bond acceptors (Lipinski definition) is 3. The van der Waals surface area contributed by atoms with Gasteiger partial charge in [-0.3, -0.25) is 5.10 Å². The first-order valence-electron chi connectivity index (χ1n) is 5.76. The molecule has 1 aromatic heterocycles. The molecule has 1 heterocycles. The predicted molar refractivity (Wildman–Crippen MR) is 76.7 cm³/mol. The summed E-state index contributed by atoms with van der Waals surface area (Å²) >= 11 is 5.96. The van der Waals surface area contributed by atoms with Crippen molar-refractivity contribution in [3.05, 3.63) is 53.6 Å². The molecule has 0 aliphatic carbocycles. The lowest BCUT2D eigenvalue weighted by Gasteiger charge is -1.97. The van der Waals surface area contributed by atoms with Gasteiger partial charge in [-0.05, 0) is 24.3 Å². The monoisotopic (exact) mass is 270 g/mol. The molecular formula is C14H11ClN4. The lowest BCUT2D eigenvalue weighted by molar-refractivity contribution is 1.10. The van der Waals surface area contributed by atoms with Crippen LogP contribution in [0.5, 0.6) is 0 Å². The predicted octanol–water partition coefficient (Wildman–Crippen LogP) is 3.37. The third kappa shape index (κ3) is 2.44. The summed E-state index contributed by atoms with van der Waals surface area (Å²) in [6.07, 6.45) is 0. The molecule has 0 saturated carbocycles. The molecule has 2 aromatic carbocycles. The van der Waals surface area contributed by atoms with E-state index < -0.39 is 0 Å². The van der Waals surface area contributed by atoms with Crippen LogP contribution in [0.4, 0.5) is 5.69 Å². The normalized spacial score (nSPS) is 10.6. The number of nitrogens with one attached hydrogen (secondary N) is 1. The first kappa shape index (κ1) is 11.7. The van der Waals surface area contributed by atoms with Crippen molar-refractivity contribution in [2.75, 3.05) is 5.73 Å². The largest absolute Gasteiger partial charge is 0.399 e. The first-order chi connectivity index (χ1) is 9.22. The van der Waals surface area contributed by atoms with Crippen molar-refractivity contribution in [3.8, 4) is 22.8 Å². The number of halogens is 1. The quantitative estimate of drug-likeness (QED) is 0.702. The van der Waals surface area contributed by atoms with E-state index in [1.54, 1.807) is 0 Å². The Bertz CT molecular complexity index is 661. The summed E-state index contributed by atoms with van der Waals surface area (Å²) in [6.45, 7) is 0. The average molecular weight is 271 g/mol. The van der Waals surface area contributed by atoms with Crippen LogP contribution in [0.1, 0.15) is 0 Å². The Kier molecular flexibility index (Phi) is 2.93. The van der Waals surface area contributed by atoms with Crippen LogP contribution in [-0.4, -0.2) is 15.2 Å². The Labute approximate surface area is 115 Å². The number of nitrogens with zero attached hydrogens (tertiary/aromatic N) is 2. The minimum absolute atomic E-state index is 0.611. The second kappa shape index (κ2) is 4.74. The zero-order valence-electron chi connectivity index (χ0n) is 9.97. The van der Waals surface area contributed by atoms with Crippen LogP contribution in [0.15, 0.2) is 48.5 Å². The molecule has 0 aliphatic rings. The molecular weight excluding hydrogens is 260 g/mol. The number of anilines is 1. The van der Waals surface area contributed by atoms with Crippen molar-refractivity contribution in [1.29, 1.82) is 0 Å². The maximum atomic E-state index is 5.96. The number of aromatic nitrogens is 3. The zero-order valence-corrected chi connectivity index (χ0v) is 10.7. The number of aromatic amines is 1. The first-order valence-corrected chi connectivity index (χ1v) is 6.14. The summed E-state index contributed by atoms with van der Waals surface area (Å²) in [5.74, 6) is 1.29. The van der Waals surface area contributed by atoms with Gasteiger partial charge in [-0.15, -0.1) is 0 Å². The van der Waals surface area contributed by atoms with Crippen LogP contribution in [-0.2, 0) is 0 Å². The second-order valence-electron chi connectivity index (χ2n) is 4.14. The molecule has 3 rings (SSSR count). The van der Waals surface area contributed by atoms with Crippen LogP contribution in [0.2, 0.25) is 5.02 Å². The average Bonchev–Trinajstić information content (AvgIpc) is 2.88. The van der Waals surface area contributed by atoms with E-state index in [0.29, 0.717) is 22.4 Å². The fraction of sp³-hybridized carbons (Fsp3) is 0. The van der Waals surface area contributed by atoms with Gasteiger partial charge in [0.1, 0.15) is 0 Å². The molecule has 5 heteroatoms. The summed E-state index contributed by atoms with van der Waals surface area (Å²) in [6, 6.07) is 14.9. The molecule has 0 fully saturated rings. The fourth-order valence-corrected chi connectivity index (χ4v) is 2.02. The van der Waals surface area contributed by atoms with Crippen molar-refractivity contribution >= 4 is 17.3 Å². The Morgan fingerprint density at radius 1 is 1.00 bits per heavy atom. The summed E-state index contributed by atoms with van der Waals surface area (Å²) in [5, 5.41) is 7.77. The Balaban J connectivity index is 2.00. The molecule has 0 saturated heterocycles. The van der Waals surface area contributed by atoms with Crippen molar-refractivity contribution < 1.29 is 0 Å². The fourth-order valence-electron chi connectivity index (χ4n) is 1.83. The molecule has 0 atom stereocenters. The van der Waals surface area contributed by atoms with E-state index in [1.165, 1.54) is 0 Å². The second-order valence-corrected chi connectivity index (χ2v) is 4.58. The van der Waals surface area contributed by atoms with Gasteiger partial charge in [0.25, 0.3) is 0 Å². The van der Waals surface area contributed by atoms with Gasteiger partial charge in [0.15, 0.2) is 11.6 Å². The van der Waals surface area contributed by atoms with Crippen LogP contribution in [0.25, 0.3) is 22.8 Å². The maximum Gasteiger partial charge on any atom is 0.181 e. The molecule has 19 heavy (non-hydrogen) atoms. The van der Waals surface area contributed by atoms with Crippen molar-refractivity contribution in [2.45, 2.75) is 0 Å². The third-order valence-electron chi connectivity index (χ3n) is 2.73. The molecule has 4 nitrogen and oxygen atoms in total. The molecule has 0 bridgehead atoms. The van der Waals surface area contributed by atoms with E-state index in [1.807, 2.05) is 48.5 Å². The molecule has 0 aliphatic heterocycles. The van der Waals surface area contributed by atoms with Gasteiger partial charge in [0, 0.05) is 21.8 Å². The van der Waals surface area contributed by atoms with E-state index in [-0.39, 0.29) is 0 Å². The topological polar surface area (TPSA) is 67.6 Å². The minimum atomic E-state index is 0.611. The lowest BCUT2D eigenvalue weighted by Crippen LogP contribution is -1.86. The minimum Gasteiger partial charge on any atom is -0.399 e. The van der Waals surface area contributed by atoms with Gasteiger partial charge >= 0.3 is 0 Å². The number of H-pyrrole nitrogens is 1. The highest BCUT2D eigenvalue weighted by molar-refractivity contribution is 6.30. The van der Waals surface area contributed by atoms with E-state index in [9.17, 15) is 0 Å². The summed E-state index contributed by atoms with van der Waals surface area (Å²) in [7, 11) is 0. The van der Waals surface area contributed by atoms with Gasteiger partial charge in [0.2, 0.25) is 0 Å². The van der Waals surface area contributed by atoms with Gasteiger partial charge < -0.3 is 5.73 Å². The number of rotatable bonds is 2. The lowest BCUT2D eigenvalue weighted by atomic mass is 10.2. The van der Waals surface area contributed by atoms with Crippen LogP contribution >= 0.6 is 11.6 Å². The zero-order chi connectivity index (χ0) is 13.2. The van der Waals surface area contributed by atoms with Crippen molar-refractivity contribution in [3.63, 3.8) is 0 Å². The van der Waals surface area contributed by atoms with Crippen LogP contribution in [0.3, 0.4) is 0 Å². The van der Waals surface area contributed by atoms with Gasteiger partial charge in [0.05, 0.1) is 0 Å². The van der Waals surface area contributed by atoms with Crippen molar-refractivity contribution in [2.24, 2.45) is 0 Å². The molecule has 0 amide bonds. The number of hydrogen-bond donors (Lipinski definition) is 2. The van der Waals surface area contributed by atoms with Crippen LogP contribution in [0, 0.1) is 0 Å². The van der Waals surface area contributed by atoms with E-state index >= 15 is 0 Å². The smallest absolute Gasteiger partial charge is 0.181 e. The van der Waals surface area contributed by atoms with Crippen molar-refractivity contribution in [1.82, 2.24) is 15.2 Å². The van der Waals surface area contributed by atoms with Gasteiger partial charge in [-0.1, -0.05) is 35.9 Å². The molecule has 94 valence electrons. The van der Waals surface area contributed by atoms with Gasteiger partial charge in [-0.25, -0.2) is 4.98 Å². The third-order valence-corrected chi connectivity index (χ3v) is 2.96. The molecule has 0 spiro atoms. The summed E-state index contributed by atoms with van der Waals surface area (Å²) < 4.78 is 0. The highest BCUT2D eigenvalue weighted by Gasteiger charge is 2.08. The molecule has 0 unspecified atom stereocenters. The maximum absolute atomic E-state index is 5.96. The highest BCUT2D eigenvalue weighted by Crippen LogP contribution is 2.23. The summed E-state index contributed by atoms with van der Waals surface area (Å²) in [4.78, 5) is 4.45. The molecule has 0 radical (unpaired) electrons. The standard InChI is InChI=1S/C14H11ClN4/c15-11-5-1-3-9(7-11)13-17-14(19-18-13)10-4-2-6-12(16)8-10/h1-8H,16H2,(H,17,18,19). The SMILES string of the molecule is Nc1cccc(-c2nc(-c3cccc(Cl)c3)n[nH]2)c1. The van der Waals surface area contributed by atoms with E-state index in [4.69, 9.17) is 17.3 Å². The highest BCUT2D eigenvalue weighted by atomic mass is 35.5. The molecule has 3 aromatic rings. The summed E-state index contributed by atoms with van der Waals surface area (Å²) in [5.41, 5.74) is 8.22. The number of benzene rings is 2. The number of nitrogen functional groups attached to an aromatic ring is 1. The van der Waals surface area contributed by atoms with Crippen LogP contribution < -0.4 is 5.73 Å².